The molecular formula is C27H18N2O3. The summed E-state index contributed by atoms with van der Waals surface area (Å²) in [6.45, 7) is 0. The Hall–Kier alpha value is -4.51. The number of rotatable bonds is 5. The van der Waals surface area contributed by atoms with E-state index >= 15 is 0 Å². The van der Waals surface area contributed by atoms with Gasteiger partial charge in [-0.1, -0.05) is 54.6 Å². The first kappa shape index (κ1) is 19.5. The maximum atomic E-state index is 12.7. The largest absolute Gasteiger partial charge is 0.457 e. The van der Waals surface area contributed by atoms with Crippen molar-refractivity contribution in [3.05, 3.63) is 115 Å². The molecule has 1 heterocycles. The highest BCUT2D eigenvalue weighted by atomic mass is 16.5. The van der Waals surface area contributed by atoms with Crippen molar-refractivity contribution in [1.29, 1.82) is 0 Å². The van der Waals surface area contributed by atoms with Crippen molar-refractivity contribution in [2.45, 2.75) is 0 Å². The van der Waals surface area contributed by atoms with Crippen molar-refractivity contribution in [2.24, 2.45) is 0 Å². The molecule has 0 saturated carbocycles. The fourth-order valence-corrected chi connectivity index (χ4v) is 3.40. The Labute approximate surface area is 184 Å². The second-order valence-corrected chi connectivity index (χ2v) is 7.11. The number of benzene rings is 4. The second-order valence-electron chi connectivity index (χ2n) is 7.11. The van der Waals surface area contributed by atoms with Gasteiger partial charge < -0.3 is 9.47 Å². The normalized spacial score (nSPS) is 10.6. The first-order valence-electron chi connectivity index (χ1n) is 10.1. The van der Waals surface area contributed by atoms with Crippen LogP contribution in [0.15, 0.2) is 109 Å². The van der Waals surface area contributed by atoms with Crippen molar-refractivity contribution in [3.63, 3.8) is 0 Å². The molecule has 5 nitrogen and oxygen atoms in total. The number of fused-ring (bicyclic) bond motifs is 1. The number of hydrogen-bond acceptors (Lipinski definition) is 5. The van der Waals surface area contributed by atoms with Crippen LogP contribution in [0.25, 0.3) is 22.0 Å². The SMILES string of the molecule is O=C(Oc1ccc(-c2ccc(Oc3ccccc3)cc2)nn1)c1cccc2ccccc12. The van der Waals surface area contributed by atoms with Crippen LogP contribution in [0.1, 0.15) is 10.4 Å². The summed E-state index contributed by atoms with van der Waals surface area (Å²) in [4.78, 5) is 12.7. The molecule has 0 atom stereocenters. The van der Waals surface area contributed by atoms with E-state index in [1.807, 2.05) is 91.0 Å². The van der Waals surface area contributed by atoms with E-state index in [1.54, 1.807) is 18.2 Å². The predicted molar refractivity (Wildman–Crippen MR) is 123 cm³/mol. The number of carbonyl (C=O) groups is 1. The zero-order chi connectivity index (χ0) is 21.8. The molecule has 154 valence electrons. The third kappa shape index (κ3) is 4.18. The molecule has 32 heavy (non-hydrogen) atoms. The van der Waals surface area contributed by atoms with Crippen LogP contribution < -0.4 is 9.47 Å². The Bertz CT molecular complexity index is 1360. The Morgan fingerprint density at radius 3 is 2.12 bits per heavy atom. The summed E-state index contributed by atoms with van der Waals surface area (Å²) in [5, 5.41) is 10.1. The van der Waals surface area contributed by atoms with E-state index in [2.05, 4.69) is 10.2 Å². The van der Waals surface area contributed by atoms with Gasteiger partial charge in [0.2, 0.25) is 5.88 Å². The molecule has 0 spiro atoms. The molecule has 1 aromatic heterocycles. The van der Waals surface area contributed by atoms with Gasteiger partial charge in [-0.25, -0.2) is 4.79 Å². The summed E-state index contributed by atoms with van der Waals surface area (Å²) < 4.78 is 11.3. The minimum absolute atomic E-state index is 0.149. The summed E-state index contributed by atoms with van der Waals surface area (Å²) in [5.41, 5.74) is 2.04. The smallest absolute Gasteiger partial charge is 0.345 e. The quantitative estimate of drug-likeness (QED) is 0.313. The minimum atomic E-state index is -0.466. The highest BCUT2D eigenvalue weighted by Gasteiger charge is 2.13. The van der Waals surface area contributed by atoms with Crippen LogP contribution >= 0.6 is 0 Å². The lowest BCUT2D eigenvalue weighted by molar-refractivity contribution is 0.0728. The zero-order valence-corrected chi connectivity index (χ0v) is 17.0. The maximum Gasteiger partial charge on any atom is 0.345 e. The molecule has 0 unspecified atom stereocenters. The first-order valence-corrected chi connectivity index (χ1v) is 10.1. The fourth-order valence-electron chi connectivity index (χ4n) is 3.40. The van der Waals surface area contributed by atoms with E-state index in [0.29, 0.717) is 11.3 Å². The molecular weight excluding hydrogens is 400 g/mol. The fraction of sp³-hybridized carbons (Fsp3) is 0. The monoisotopic (exact) mass is 418 g/mol. The van der Waals surface area contributed by atoms with E-state index in [-0.39, 0.29) is 5.88 Å². The molecule has 0 N–H and O–H groups in total. The van der Waals surface area contributed by atoms with Crippen LogP contribution in [-0.2, 0) is 0 Å². The summed E-state index contributed by atoms with van der Waals surface area (Å²) in [6.07, 6.45) is 0. The molecule has 5 heteroatoms. The molecule has 0 aliphatic rings. The number of ether oxygens (including phenoxy) is 2. The van der Waals surface area contributed by atoms with Gasteiger partial charge in [0.15, 0.2) is 0 Å². The Balaban J connectivity index is 1.29. The van der Waals surface area contributed by atoms with Crippen LogP contribution in [0.3, 0.4) is 0 Å². The summed E-state index contributed by atoms with van der Waals surface area (Å²) in [7, 11) is 0. The predicted octanol–water partition coefficient (Wildman–Crippen LogP) is 6.31. The topological polar surface area (TPSA) is 61.3 Å². The minimum Gasteiger partial charge on any atom is -0.457 e. The van der Waals surface area contributed by atoms with Crippen LogP contribution in [-0.4, -0.2) is 16.2 Å². The molecule has 5 rings (SSSR count). The molecule has 5 aromatic rings. The van der Waals surface area contributed by atoms with Gasteiger partial charge in [-0.05, 0) is 59.3 Å². The number of aromatic nitrogens is 2. The molecule has 0 saturated heterocycles. The van der Waals surface area contributed by atoms with Crippen molar-refractivity contribution in [1.82, 2.24) is 10.2 Å². The van der Waals surface area contributed by atoms with Crippen LogP contribution in [0.2, 0.25) is 0 Å². The second kappa shape index (κ2) is 8.70. The standard InChI is InChI=1S/C27H18N2O3/c30-27(24-12-6-8-19-7-4-5-11-23(19)24)32-26-18-17-25(28-29-26)20-13-15-22(16-14-20)31-21-9-2-1-3-10-21/h1-18H. The number of nitrogens with zero attached hydrogens (tertiary/aromatic N) is 2. The van der Waals surface area contributed by atoms with Gasteiger partial charge in [0, 0.05) is 11.6 Å². The van der Waals surface area contributed by atoms with E-state index in [4.69, 9.17) is 9.47 Å². The van der Waals surface area contributed by atoms with Crippen LogP contribution in [0, 0.1) is 0 Å². The highest BCUT2D eigenvalue weighted by Crippen LogP contribution is 2.25. The van der Waals surface area contributed by atoms with Gasteiger partial charge in [0.25, 0.3) is 0 Å². The Morgan fingerprint density at radius 2 is 1.34 bits per heavy atom. The molecule has 0 bridgehead atoms. The van der Waals surface area contributed by atoms with Gasteiger partial charge in [-0.2, -0.15) is 0 Å². The molecule has 4 aromatic carbocycles. The lowest BCUT2D eigenvalue weighted by atomic mass is 10.1. The average molecular weight is 418 g/mol. The summed E-state index contributed by atoms with van der Waals surface area (Å²) in [6, 6.07) is 33.8. The van der Waals surface area contributed by atoms with Gasteiger partial charge in [0.05, 0.1) is 11.3 Å². The number of esters is 1. The molecule has 0 fully saturated rings. The van der Waals surface area contributed by atoms with E-state index < -0.39 is 5.97 Å². The third-order valence-electron chi connectivity index (χ3n) is 4.98. The van der Waals surface area contributed by atoms with Crippen LogP contribution in [0.4, 0.5) is 0 Å². The third-order valence-corrected chi connectivity index (χ3v) is 4.98. The van der Waals surface area contributed by atoms with Gasteiger partial charge in [0.1, 0.15) is 11.5 Å². The van der Waals surface area contributed by atoms with E-state index in [9.17, 15) is 4.79 Å². The van der Waals surface area contributed by atoms with Crippen molar-refractivity contribution in [2.75, 3.05) is 0 Å². The maximum absolute atomic E-state index is 12.7. The van der Waals surface area contributed by atoms with Crippen molar-refractivity contribution in [3.8, 4) is 28.6 Å². The molecule has 0 aliphatic carbocycles. The molecule has 0 aliphatic heterocycles. The average Bonchev–Trinajstić information content (AvgIpc) is 2.85. The zero-order valence-electron chi connectivity index (χ0n) is 17.0. The number of para-hydroxylation sites is 1. The lowest BCUT2D eigenvalue weighted by Crippen LogP contribution is -2.10. The Morgan fingerprint density at radius 1 is 0.625 bits per heavy atom. The molecule has 0 radical (unpaired) electrons. The van der Waals surface area contributed by atoms with Gasteiger partial charge >= 0.3 is 5.97 Å². The van der Waals surface area contributed by atoms with Crippen molar-refractivity contribution >= 4 is 16.7 Å². The lowest BCUT2D eigenvalue weighted by Gasteiger charge is -2.08. The molecule has 0 amide bonds. The number of hydrogen-bond donors (Lipinski definition) is 0. The van der Waals surface area contributed by atoms with Gasteiger partial charge in [-0.3, -0.25) is 0 Å². The summed E-state index contributed by atoms with van der Waals surface area (Å²) in [5.74, 6) is 1.19. The summed E-state index contributed by atoms with van der Waals surface area (Å²) >= 11 is 0. The first-order chi connectivity index (χ1) is 15.8. The van der Waals surface area contributed by atoms with Crippen LogP contribution in [0.5, 0.6) is 17.4 Å². The van der Waals surface area contributed by atoms with Crippen molar-refractivity contribution < 1.29 is 14.3 Å². The van der Waals surface area contributed by atoms with E-state index in [1.165, 1.54) is 0 Å². The van der Waals surface area contributed by atoms with E-state index in [0.717, 1.165) is 27.8 Å². The van der Waals surface area contributed by atoms with Gasteiger partial charge in [-0.15, -0.1) is 10.2 Å². The highest BCUT2D eigenvalue weighted by molar-refractivity contribution is 6.05. The number of carbonyl (C=O) groups excluding carboxylic acids is 1. The Kier molecular flexibility index (Phi) is 5.29.